The van der Waals surface area contributed by atoms with Gasteiger partial charge in [-0.25, -0.2) is 9.78 Å². The molecule has 3 heterocycles. The van der Waals surface area contributed by atoms with Gasteiger partial charge in [0.05, 0.1) is 12.2 Å². The molecule has 7 nitrogen and oxygen atoms in total. The Bertz CT molecular complexity index is 675. The fraction of sp³-hybridized carbons (Fsp3) is 0.500. The Morgan fingerprint density at radius 3 is 3.00 bits per heavy atom. The molecule has 0 bridgehead atoms. The predicted molar refractivity (Wildman–Crippen MR) is 72.1 cm³/mol. The first-order chi connectivity index (χ1) is 9.72. The number of hydrogen-bond donors (Lipinski definition) is 1. The largest absolute Gasteiger partial charge is 0.477 e. The van der Waals surface area contributed by atoms with Gasteiger partial charge < -0.3 is 14.6 Å². The minimum absolute atomic E-state index is 0.347. The second-order valence-electron chi connectivity index (χ2n) is 5.15. The van der Waals surface area contributed by atoms with Crippen molar-refractivity contribution >= 4 is 22.4 Å². The van der Waals surface area contributed by atoms with E-state index < -0.39 is 5.97 Å². The van der Waals surface area contributed by atoms with Crippen LogP contribution in [0.1, 0.15) is 39.9 Å². The van der Waals surface area contributed by atoms with Crippen LogP contribution in [0.25, 0.3) is 0 Å². The molecule has 104 valence electrons. The van der Waals surface area contributed by atoms with Crippen molar-refractivity contribution in [1.82, 2.24) is 19.7 Å². The molecule has 0 atom stereocenters. The Kier molecular flexibility index (Phi) is 2.53. The Labute approximate surface area is 118 Å². The first-order valence-electron chi connectivity index (χ1n) is 6.58. The lowest BCUT2D eigenvalue weighted by molar-refractivity contribution is 0.0700. The zero-order chi connectivity index (χ0) is 13.7. The molecule has 2 aliphatic rings. The molecule has 2 aromatic rings. The lowest BCUT2D eigenvalue weighted by atomic mass is 10.2. The van der Waals surface area contributed by atoms with Gasteiger partial charge in [-0.05, 0) is 12.8 Å². The second-order valence-corrected chi connectivity index (χ2v) is 6.13. The van der Waals surface area contributed by atoms with E-state index in [0.29, 0.717) is 17.3 Å². The lowest BCUT2D eigenvalue weighted by Crippen LogP contribution is -2.33. The molecule has 0 unspecified atom stereocenters. The zero-order valence-electron chi connectivity index (χ0n) is 10.7. The third-order valence-corrected chi connectivity index (χ3v) is 4.83. The van der Waals surface area contributed by atoms with Crippen molar-refractivity contribution in [3.05, 3.63) is 22.7 Å². The number of nitrogens with zero attached hydrogens (tertiary/aromatic N) is 5. The molecule has 2 aromatic heterocycles. The maximum absolute atomic E-state index is 11.3. The van der Waals surface area contributed by atoms with Gasteiger partial charge in [0.1, 0.15) is 11.2 Å². The molecule has 0 spiro atoms. The molecule has 8 heteroatoms. The van der Waals surface area contributed by atoms with Gasteiger partial charge in [0.15, 0.2) is 11.0 Å². The summed E-state index contributed by atoms with van der Waals surface area (Å²) in [6.45, 7) is 2.25. The summed E-state index contributed by atoms with van der Waals surface area (Å²) in [5.74, 6) is 0.381. The summed E-state index contributed by atoms with van der Waals surface area (Å²) in [7, 11) is 0. The fourth-order valence-corrected chi connectivity index (χ4v) is 3.49. The summed E-state index contributed by atoms with van der Waals surface area (Å²) in [5.41, 5.74) is 0.768. The standard InChI is InChI=1S/C12H13N5O2S/c18-11(19)10-9(7-1-2-7)14-12(20-10)16-3-4-17-6-13-15-8(17)5-16/h6-7H,1-5H2,(H,18,19). The molecular formula is C12H13N5O2S. The Balaban J connectivity index is 1.66. The van der Waals surface area contributed by atoms with E-state index in [1.54, 1.807) is 6.33 Å². The highest BCUT2D eigenvalue weighted by atomic mass is 32.1. The minimum Gasteiger partial charge on any atom is -0.477 e. The fourth-order valence-electron chi connectivity index (χ4n) is 2.47. The van der Waals surface area contributed by atoms with Crippen molar-refractivity contribution in [2.24, 2.45) is 0 Å². The number of thiazole rings is 1. The van der Waals surface area contributed by atoms with Gasteiger partial charge in [-0.15, -0.1) is 10.2 Å². The van der Waals surface area contributed by atoms with Crippen LogP contribution in [0.3, 0.4) is 0 Å². The van der Waals surface area contributed by atoms with Crippen LogP contribution in [-0.4, -0.2) is 37.4 Å². The van der Waals surface area contributed by atoms with Gasteiger partial charge in [0.25, 0.3) is 0 Å². The molecular weight excluding hydrogens is 278 g/mol. The number of carboxylic acid groups (broad SMARTS) is 1. The highest BCUT2D eigenvalue weighted by Gasteiger charge is 2.33. The molecule has 1 saturated carbocycles. The number of aromatic nitrogens is 4. The first-order valence-corrected chi connectivity index (χ1v) is 7.39. The van der Waals surface area contributed by atoms with E-state index in [2.05, 4.69) is 20.1 Å². The Hall–Kier alpha value is -1.96. The summed E-state index contributed by atoms with van der Waals surface area (Å²) >= 11 is 1.28. The number of carboxylic acids is 1. The van der Waals surface area contributed by atoms with E-state index >= 15 is 0 Å². The average Bonchev–Trinajstić information content (AvgIpc) is 3.02. The first kappa shape index (κ1) is 11.8. The van der Waals surface area contributed by atoms with Crippen molar-refractivity contribution in [2.75, 3.05) is 11.4 Å². The van der Waals surface area contributed by atoms with Crippen molar-refractivity contribution in [3.63, 3.8) is 0 Å². The quantitative estimate of drug-likeness (QED) is 0.918. The molecule has 1 aliphatic heterocycles. The van der Waals surface area contributed by atoms with Crippen molar-refractivity contribution in [2.45, 2.75) is 31.8 Å². The van der Waals surface area contributed by atoms with E-state index in [1.807, 2.05) is 4.57 Å². The van der Waals surface area contributed by atoms with Crippen LogP contribution in [0.4, 0.5) is 5.13 Å². The topological polar surface area (TPSA) is 84.1 Å². The zero-order valence-corrected chi connectivity index (χ0v) is 11.5. The smallest absolute Gasteiger partial charge is 0.347 e. The predicted octanol–water partition coefficient (Wildman–Crippen LogP) is 1.33. The molecule has 1 fully saturated rings. The van der Waals surface area contributed by atoms with Crippen LogP contribution in [0.15, 0.2) is 6.33 Å². The van der Waals surface area contributed by atoms with Crippen LogP contribution < -0.4 is 4.90 Å². The van der Waals surface area contributed by atoms with Gasteiger partial charge in [0, 0.05) is 19.0 Å². The number of hydrogen-bond acceptors (Lipinski definition) is 6. The maximum atomic E-state index is 11.3. The van der Waals surface area contributed by atoms with Crippen molar-refractivity contribution in [1.29, 1.82) is 0 Å². The third kappa shape index (κ3) is 1.87. The number of fused-ring (bicyclic) bond motifs is 1. The summed E-state index contributed by atoms with van der Waals surface area (Å²) < 4.78 is 2.02. The number of carbonyl (C=O) groups is 1. The minimum atomic E-state index is -0.865. The highest BCUT2D eigenvalue weighted by molar-refractivity contribution is 7.17. The van der Waals surface area contributed by atoms with E-state index in [-0.39, 0.29) is 0 Å². The molecule has 4 rings (SSSR count). The van der Waals surface area contributed by atoms with E-state index in [9.17, 15) is 9.90 Å². The Morgan fingerprint density at radius 2 is 2.25 bits per heavy atom. The summed E-state index contributed by atoms with van der Waals surface area (Å²) in [6.07, 6.45) is 3.84. The normalized spacial score (nSPS) is 18.1. The van der Waals surface area contributed by atoms with Crippen molar-refractivity contribution in [3.8, 4) is 0 Å². The number of anilines is 1. The molecule has 1 aliphatic carbocycles. The lowest BCUT2D eigenvalue weighted by Gasteiger charge is -2.26. The molecule has 0 aromatic carbocycles. The number of aromatic carboxylic acids is 1. The molecule has 20 heavy (non-hydrogen) atoms. The van der Waals surface area contributed by atoms with Gasteiger partial charge in [-0.1, -0.05) is 11.3 Å². The molecule has 1 N–H and O–H groups in total. The van der Waals surface area contributed by atoms with Crippen molar-refractivity contribution < 1.29 is 9.90 Å². The van der Waals surface area contributed by atoms with Gasteiger partial charge >= 0.3 is 5.97 Å². The maximum Gasteiger partial charge on any atom is 0.347 e. The monoisotopic (exact) mass is 291 g/mol. The van der Waals surface area contributed by atoms with Crippen LogP contribution in [-0.2, 0) is 13.1 Å². The summed E-state index contributed by atoms with van der Waals surface area (Å²) in [6, 6.07) is 0. The number of rotatable bonds is 3. The molecule has 0 amide bonds. The molecule has 0 saturated heterocycles. The summed E-state index contributed by atoms with van der Waals surface area (Å²) in [4.78, 5) is 18.4. The SMILES string of the molecule is O=C(O)c1sc(N2CCn3cnnc3C2)nc1C1CC1. The van der Waals surface area contributed by atoms with E-state index in [0.717, 1.165) is 42.6 Å². The van der Waals surface area contributed by atoms with Crippen LogP contribution in [0.5, 0.6) is 0 Å². The third-order valence-electron chi connectivity index (χ3n) is 3.71. The summed E-state index contributed by atoms with van der Waals surface area (Å²) in [5, 5.41) is 18.1. The van der Waals surface area contributed by atoms with E-state index in [4.69, 9.17) is 0 Å². The van der Waals surface area contributed by atoms with Crippen LogP contribution in [0, 0.1) is 0 Å². The molecule has 0 radical (unpaired) electrons. The van der Waals surface area contributed by atoms with Gasteiger partial charge in [-0.3, -0.25) is 0 Å². The highest BCUT2D eigenvalue weighted by Crippen LogP contribution is 2.44. The Morgan fingerprint density at radius 1 is 1.40 bits per heavy atom. The van der Waals surface area contributed by atoms with Crippen LogP contribution in [0.2, 0.25) is 0 Å². The van der Waals surface area contributed by atoms with Gasteiger partial charge in [0.2, 0.25) is 0 Å². The van der Waals surface area contributed by atoms with E-state index in [1.165, 1.54) is 11.3 Å². The average molecular weight is 291 g/mol. The van der Waals surface area contributed by atoms with Crippen LogP contribution >= 0.6 is 11.3 Å². The van der Waals surface area contributed by atoms with Gasteiger partial charge in [-0.2, -0.15) is 0 Å². The second kappa shape index (κ2) is 4.27.